The second-order valence-corrected chi connectivity index (χ2v) is 7.96. The van der Waals surface area contributed by atoms with E-state index >= 15 is 0 Å². The third kappa shape index (κ3) is 3.97. The lowest BCUT2D eigenvalue weighted by atomic mass is 10.0. The van der Waals surface area contributed by atoms with Gasteiger partial charge in [-0.3, -0.25) is 9.59 Å². The highest BCUT2D eigenvalue weighted by molar-refractivity contribution is 6.48. The fourth-order valence-electron chi connectivity index (χ4n) is 3.53. The van der Waals surface area contributed by atoms with E-state index in [2.05, 4.69) is 5.32 Å². The SMILES string of the molecule is CCOc1ccc(C2=C(Nc3cccc(Cl)c3C)C(=O)N(c3ccccc3Cl)C2=O)cc1. The maximum atomic E-state index is 13.5. The summed E-state index contributed by atoms with van der Waals surface area (Å²) in [4.78, 5) is 28.1. The molecule has 4 rings (SSSR count). The van der Waals surface area contributed by atoms with Crippen LogP contribution in [0.4, 0.5) is 11.4 Å². The van der Waals surface area contributed by atoms with Crippen LogP contribution in [0.5, 0.6) is 5.75 Å². The number of hydrogen-bond donors (Lipinski definition) is 1. The van der Waals surface area contributed by atoms with Gasteiger partial charge < -0.3 is 10.1 Å². The number of nitrogens with one attached hydrogen (secondary N) is 1. The van der Waals surface area contributed by atoms with Gasteiger partial charge in [0.25, 0.3) is 11.8 Å². The van der Waals surface area contributed by atoms with Crippen LogP contribution in [0.2, 0.25) is 10.0 Å². The van der Waals surface area contributed by atoms with E-state index in [0.717, 1.165) is 10.5 Å². The lowest BCUT2D eigenvalue weighted by molar-refractivity contribution is -0.120. The lowest BCUT2D eigenvalue weighted by Crippen LogP contribution is -2.32. The molecule has 5 nitrogen and oxygen atoms in total. The molecule has 0 bridgehead atoms. The van der Waals surface area contributed by atoms with E-state index in [0.29, 0.717) is 39.3 Å². The smallest absolute Gasteiger partial charge is 0.282 e. The third-order valence-electron chi connectivity index (χ3n) is 5.16. The van der Waals surface area contributed by atoms with Gasteiger partial charge in [0.05, 0.1) is 22.9 Å². The highest BCUT2D eigenvalue weighted by Gasteiger charge is 2.41. The molecule has 0 saturated carbocycles. The Morgan fingerprint density at radius 3 is 2.25 bits per heavy atom. The number of imide groups is 1. The maximum Gasteiger partial charge on any atom is 0.282 e. The van der Waals surface area contributed by atoms with Crippen LogP contribution in [0.15, 0.2) is 72.4 Å². The van der Waals surface area contributed by atoms with Gasteiger partial charge >= 0.3 is 0 Å². The standard InChI is InChI=1S/C25H20Cl2N2O3/c1-3-32-17-13-11-16(12-14-17)22-23(28-20-9-6-8-18(26)15(20)2)25(31)29(24(22)30)21-10-5-4-7-19(21)27/h4-14,28H,3H2,1-2H3. The highest BCUT2D eigenvalue weighted by atomic mass is 35.5. The molecule has 0 unspecified atom stereocenters. The first-order valence-corrected chi connectivity index (χ1v) is 10.8. The van der Waals surface area contributed by atoms with E-state index < -0.39 is 11.8 Å². The summed E-state index contributed by atoms with van der Waals surface area (Å²) in [6, 6.07) is 19.2. The zero-order valence-electron chi connectivity index (χ0n) is 17.5. The molecular weight excluding hydrogens is 447 g/mol. The van der Waals surface area contributed by atoms with Crippen molar-refractivity contribution in [2.45, 2.75) is 13.8 Å². The number of rotatable bonds is 6. The van der Waals surface area contributed by atoms with Crippen LogP contribution in [0.3, 0.4) is 0 Å². The Balaban J connectivity index is 1.84. The summed E-state index contributed by atoms with van der Waals surface area (Å²) in [5.74, 6) is -0.280. The average Bonchev–Trinajstić information content (AvgIpc) is 3.02. The fourth-order valence-corrected chi connectivity index (χ4v) is 3.92. The number of nitrogens with zero attached hydrogens (tertiary/aromatic N) is 1. The zero-order valence-corrected chi connectivity index (χ0v) is 19.0. The van der Waals surface area contributed by atoms with Crippen LogP contribution in [0.1, 0.15) is 18.1 Å². The molecule has 1 heterocycles. The van der Waals surface area contributed by atoms with Gasteiger partial charge in [0.2, 0.25) is 0 Å². The molecule has 1 aliphatic rings. The summed E-state index contributed by atoms with van der Waals surface area (Å²) < 4.78 is 5.50. The quantitative estimate of drug-likeness (QED) is 0.446. The van der Waals surface area contributed by atoms with Gasteiger partial charge in [-0.05, 0) is 61.4 Å². The minimum Gasteiger partial charge on any atom is -0.494 e. The van der Waals surface area contributed by atoms with Crippen molar-refractivity contribution in [2.24, 2.45) is 0 Å². The molecule has 0 spiro atoms. The molecule has 0 radical (unpaired) electrons. The summed E-state index contributed by atoms with van der Waals surface area (Å²) in [5, 5.41) is 4.01. The third-order valence-corrected chi connectivity index (χ3v) is 5.89. The van der Waals surface area contributed by atoms with Crippen LogP contribution >= 0.6 is 23.2 Å². The Labute approximate surface area is 196 Å². The number of carbonyl (C=O) groups is 2. The molecule has 3 aromatic carbocycles. The topological polar surface area (TPSA) is 58.6 Å². The van der Waals surface area contributed by atoms with Crippen LogP contribution in [0.25, 0.3) is 5.57 Å². The molecule has 1 N–H and O–H groups in total. The molecule has 0 aromatic heterocycles. The first-order chi connectivity index (χ1) is 15.4. The Morgan fingerprint density at radius 1 is 0.875 bits per heavy atom. The van der Waals surface area contributed by atoms with Crippen molar-refractivity contribution >= 4 is 52.0 Å². The number of amides is 2. The van der Waals surface area contributed by atoms with Crippen LogP contribution < -0.4 is 15.0 Å². The van der Waals surface area contributed by atoms with Gasteiger partial charge in [0.15, 0.2) is 0 Å². The molecule has 0 saturated heterocycles. The molecule has 0 atom stereocenters. The normalized spacial score (nSPS) is 13.7. The number of ether oxygens (including phenoxy) is 1. The predicted molar refractivity (Wildman–Crippen MR) is 128 cm³/mol. The Hall–Kier alpha value is -3.28. The largest absolute Gasteiger partial charge is 0.494 e. The number of hydrogen-bond acceptors (Lipinski definition) is 4. The molecule has 3 aromatic rings. The minimum atomic E-state index is -0.494. The van der Waals surface area contributed by atoms with Crippen LogP contribution in [-0.2, 0) is 9.59 Å². The molecule has 32 heavy (non-hydrogen) atoms. The minimum absolute atomic E-state index is 0.157. The number of benzene rings is 3. The van der Waals surface area contributed by atoms with Gasteiger partial charge in [0.1, 0.15) is 11.4 Å². The van der Waals surface area contributed by atoms with Gasteiger partial charge in [-0.15, -0.1) is 0 Å². The van der Waals surface area contributed by atoms with Crippen molar-refractivity contribution < 1.29 is 14.3 Å². The van der Waals surface area contributed by atoms with Crippen molar-refractivity contribution in [2.75, 3.05) is 16.8 Å². The first-order valence-electron chi connectivity index (χ1n) is 10.0. The van der Waals surface area contributed by atoms with Crippen molar-refractivity contribution in [1.82, 2.24) is 0 Å². The lowest BCUT2D eigenvalue weighted by Gasteiger charge is -2.17. The monoisotopic (exact) mass is 466 g/mol. The van der Waals surface area contributed by atoms with Crippen LogP contribution in [0, 0.1) is 6.92 Å². The number of halogens is 2. The Kier molecular flexibility index (Phi) is 6.21. The summed E-state index contributed by atoms with van der Waals surface area (Å²) >= 11 is 12.6. The van der Waals surface area contributed by atoms with E-state index in [4.69, 9.17) is 27.9 Å². The number of anilines is 2. The summed E-state index contributed by atoms with van der Waals surface area (Å²) in [7, 11) is 0. The summed E-state index contributed by atoms with van der Waals surface area (Å²) in [5.41, 5.74) is 2.72. The predicted octanol–water partition coefficient (Wildman–Crippen LogP) is 6.10. The molecule has 2 amide bonds. The maximum absolute atomic E-state index is 13.5. The molecule has 7 heteroatoms. The van der Waals surface area contributed by atoms with Crippen molar-refractivity contribution in [1.29, 1.82) is 0 Å². The fraction of sp³-hybridized carbons (Fsp3) is 0.120. The van der Waals surface area contributed by atoms with Gasteiger partial charge in [0, 0.05) is 10.7 Å². The van der Waals surface area contributed by atoms with Crippen LogP contribution in [-0.4, -0.2) is 18.4 Å². The molecule has 0 aliphatic carbocycles. The van der Waals surface area contributed by atoms with Gasteiger partial charge in [-0.2, -0.15) is 0 Å². The number of carbonyl (C=O) groups excluding carboxylic acids is 2. The van der Waals surface area contributed by atoms with Gasteiger partial charge in [-0.1, -0.05) is 53.5 Å². The van der Waals surface area contributed by atoms with E-state index in [9.17, 15) is 9.59 Å². The Bertz CT molecular complexity index is 1240. The highest BCUT2D eigenvalue weighted by Crippen LogP contribution is 2.37. The first kappa shape index (κ1) is 21.9. The molecule has 1 aliphatic heterocycles. The van der Waals surface area contributed by atoms with E-state index in [1.165, 1.54) is 0 Å². The summed E-state index contributed by atoms with van der Waals surface area (Å²) in [6.45, 7) is 4.27. The zero-order chi connectivity index (χ0) is 22.8. The molecule has 0 fully saturated rings. The average molecular weight is 467 g/mol. The van der Waals surface area contributed by atoms with Crippen molar-refractivity contribution in [3.05, 3.63) is 93.6 Å². The second-order valence-electron chi connectivity index (χ2n) is 7.14. The van der Waals surface area contributed by atoms with Gasteiger partial charge in [-0.25, -0.2) is 4.90 Å². The molecule has 162 valence electrons. The second kappa shape index (κ2) is 9.07. The Morgan fingerprint density at radius 2 is 1.56 bits per heavy atom. The number of para-hydroxylation sites is 1. The van der Waals surface area contributed by atoms with Crippen molar-refractivity contribution in [3.63, 3.8) is 0 Å². The van der Waals surface area contributed by atoms with E-state index in [1.807, 2.05) is 13.8 Å². The van der Waals surface area contributed by atoms with E-state index in [1.54, 1.807) is 66.7 Å². The summed E-state index contributed by atoms with van der Waals surface area (Å²) in [6.07, 6.45) is 0. The molecular formula is C25H20Cl2N2O3. The van der Waals surface area contributed by atoms with E-state index in [-0.39, 0.29) is 11.3 Å². The van der Waals surface area contributed by atoms with Crippen molar-refractivity contribution in [3.8, 4) is 5.75 Å².